The fourth-order valence-electron chi connectivity index (χ4n) is 3.53. The summed E-state index contributed by atoms with van der Waals surface area (Å²) in [4.78, 5) is 17.8. The van der Waals surface area contributed by atoms with Crippen molar-refractivity contribution in [3.8, 4) is 0 Å². The van der Waals surface area contributed by atoms with E-state index >= 15 is 0 Å². The second-order valence-electron chi connectivity index (χ2n) is 7.54. The SMILES string of the molecule is CI1Nc2ncccc2C1c1cc(N2C[C@H](C(C)(N=O)C(C)(F)F)N[I-]2)ccc1F. The van der Waals surface area contributed by atoms with Crippen LogP contribution in [0, 0.1) is 10.7 Å². The molecule has 0 amide bonds. The molecule has 30 heavy (non-hydrogen) atoms. The van der Waals surface area contributed by atoms with Gasteiger partial charge in [0.25, 0.3) is 0 Å². The van der Waals surface area contributed by atoms with Crippen molar-refractivity contribution < 1.29 is 34.9 Å². The number of nitrogens with one attached hydrogen (secondary N) is 2. The molecule has 2 N–H and O–H groups in total. The number of alkyl halides is 4. The number of nitroso groups, excluding NO2 is 1. The average molecular weight is 646 g/mol. The third kappa shape index (κ3) is 3.66. The van der Waals surface area contributed by atoms with E-state index in [9.17, 15) is 18.1 Å². The molecule has 2 aliphatic rings. The zero-order valence-electron chi connectivity index (χ0n) is 16.5. The standard InChI is InChI=1S/C19H21F3I2N5O/c1-18(28-30,19(2,21)22)15-10-29(23-26-15)11-6-7-14(20)13(9-11)16-12-5-4-8-25-17(12)27-24(16)3/h4-9,15-16,26H,10H2,1-3H3,(H,25,27)/q-1/t15-,16?,18?/m1/s1. The number of hydrogen-bond acceptors (Lipinski definition) is 6. The number of benzene rings is 1. The molecule has 0 saturated carbocycles. The number of anilines is 2. The van der Waals surface area contributed by atoms with Gasteiger partial charge in [-0.15, -0.1) is 0 Å². The average Bonchev–Trinajstić information content (AvgIpc) is 3.31. The Labute approximate surface area is 191 Å². The Morgan fingerprint density at radius 1 is 1.30 bits per heavy atom. The molecular formula is C19H21F3I2N5O-. The van der Waals surface area contributed by atoms with Crippen LogP contribution in [0.5, 0.6) is 0 Å². The predicted octanol–water partition coefficient (Wildman–Crippen LogP) is 1.66. The van der Waals surface area contributed by atoms with Crippen LogP contribution in [0.25, 0.3) is 0 Å². The number of pyridine rings is 1. The normalized spacial score (nSPS) is 24.6. The first-order chi connectivity index (χ1) is 14.2. The van der Waals surface area contributed by atoms with Crippen LogP contribution in [0.3, 0.4) is 0 Å². The van der Waals surface area contributed by atoms with Crippen molar-refractivity contribution in [2.75, 3.05) is 18.1 Å². The zero-order chi connectivity index (χ0) is 21.7. The molecule has 2 aliphatic heterocycles. The Balaban J connectivity index is 1.63. The summed E-state index contributed by atoms with van der Waals surface area (Å²) < 4.78 is 51.4. The van der Waals surface area contributed by atoms with E-state index in [1.807, 2.05) is 21.3 Å². The molecule has 1 saturated heterocycles. The molecule has 1 aromatic heterocycles. The van der Waals surface area contributed by atoms with Crippen molar-refractivity contribution in [2.45, 2.75) is 35.3 Å². The van der Waals surface area contributed by atoms with Gasteiger partial charge in [-0.25, -0.2) is 0 Å². The summed E-state index contributed by atoms with van der Waals surface area (Å²) in [6.07, 6.45) is 1.72. The molecule has 11 heteroatoms. The second-order valence-corrected chi connectivity index (χ2v) is 14.5. The summed E-state index contributed by atoms with van der Waals surface area (Å²) in [5.41, 5.74) is 0.316. The van der Waals surface area contributed by atoms with Crippen molar-refractivity contribution >= 4 is 31.6 Å². The van der Waals surface area contributed by atoms with Gasteiger partial charge in [-0.1, -0.05) is 0 Å². The third-order valence-electron chi connectivity index (χ3n) is 5.59. The number of rotatable bonds is 5. The van der Waals surface area contributed by atoms with Gasteiger partial charge in [0.1, 0.15) is 0 Å². The fraction of sp³-hybridized carbons (Fsp3) is 0.421. The monoisotopic (exact) mass is 646 g/mol. The van der Waals surface area contributed by atoms with Crippen LogP contribution in [0.15, 0.2) is 41.7 Å². The van der Waals surface area contributed by atoms with Gasteiger partial charge in [-0.2, -0.15) is 0 Å². The molecule has 3 atom stereocenters. The van der Waals surface area contributed by atoms with Crippen LogP contribution >= 0.6 is 20.1 Å². The molecule has 1 fully saturated rings. The van der Waals surface area contributed by atoms with E-state index < -0.39 is 59.3 Å². The van der Waals surface area contributed by atoms with Crippen LogP contribution in [0.4, 0.5) is 24.7 Å². The van der Waals surface area contributed by atoms with Crippen molar-refractivity contribution in [3.05, 3.63) is 58.4 Å². The van der Waals surface area contributed by atoms with E-state index in [1.54, 1.807) is 12.3 Å². The number of nitrogens with zero attached hydrogens (tertiary/aromatic N) is 3. The first-order valence-electron chi connectivity index (χ1n) is 9.14. The Kier molecular flexibility index (Phi) is 5.89. The molecule has 0 radical (unpaired) electrons. The molecule has 1 aromatic carbocycles. The van der Waals surface area contributed by atoms with E-state index in [1.165, 1.54) is 13.0 Å². The molecule has 3 heterocycles. The van der Waals surface area contributed by atoms with Gasteiger partial charge < -0.3 is 0 Å². The Bertz CT molecular complexity index is 975. The molecule has 0 aliphatic carbocycles. The number of halogens is 5. The van der Waals surface area contributed by atoms with Crippen LogP contribution in [0.2, 0.25) is 0 Å². The minimum absolute atomic E-state index is 0.0516. The van der Waals surface area contributed by atoms with Crippen molar-refractivity contribution in [3.63, 3.8) is 0 Å². The van der Waals surface area contributed by atoms with Crippen LogP contribution < -0.4 is 31.9 Å². The van der Waals surface area contributed by atoms with Crippen LogP contribution in [-0.4, -0.2) is 34.0 Å². The summed E-state index contributed by atoms with van der Waals surface area (Å²) in [6.45, 7) is 2.13. The van der Waals surface area contributed by atoms with Crippen LogP contribution in [-0.2, 0) is 0 Å². The van der Waals surface area contributed by atoms with E-state index in [-0.39, 0.29) is 16.3 Å². The van der Waals surface area contributed by atoms with Gasteiger partial charge >= 0.3 is 192 Å². The second kappa shape index (κ2) is 8.04. The molecule has 164 valence electrons. The maximum absolute atomic E-state index is 14.8. The topological polar surface area (TPSA) is 69.6 Å². The Morgan fingerprint density at radius 2 is 2.07 bits per heavy atom. The van der Waals surface area contributed by atoms with Gasteiger partial charge in [-0.05, 0) is 0 Å². The number of hydrogen-bond donors (Lipinski definition) is 2. The van der Waals surface area contributed by atoms with Crippen molar-refractivity contribution in [1.82, 2.24) is 8.51 Å². The predicted molar refractivity (Wildman–Crippen MR) is 115 cm³/mol. The first kappa shape index (κ1) is 22.0. The Hall–Kier alpha value is -1.22. The minimum atomic E-state index is -3.26. The quantitative estimate of drug-likeness (QED) is 0.224. The molecule has 2 aromatic rings. The van der Waals surface area contributed by atoms with E-state index in [2.05, 4.69) is 22.2 Å². The summed E-state index contributed by atoms with van der Waals surface area (Å²) in [6, 6.07) is 7.97. The summed E-state index contributed by atoms with van der Waals surface area (Å²) in [5.74, 6) is -2.73. The number of fused-ring (bicyclic) bond motifs is 1. The molecule has 6 nitrogen and oxygen atoms in total. The molecule has 2 unspecified atom stereocenters. The van der Waals surface area contributed by atoms with Gasteiger partial charge in [0.2, 0.25) is 0 Å². The molecule has 4 rings (SSSR count). The van der Waals surface area contributed by atoms with Crippen LogP contribution in [0.1, 0.15) is 28.9 Å². The fourth-order valence-corrected chi connectivity index (χ4v) is 10.7. The number of aromatic nitrogens is 1. The van der Waals surface area contributed by atoms with E-state index in [0.717, 1.165) is 24.0 Å². The first-order valence-corrected chi connectivity index (χ1v) is 15.7. The van der Waals surface area contributed by atoms with E-state index in [4.69, 9.17) is 0 Å². The third-order valence-corrected chi connectivity index (χ3v) is 12.7. The van der Waals surface area contributed by atoms with Gasteiger partial charge in [0.15, 0.2) is 0 Å². The maximum atomic E-state index is 14.8. The van der Waals surface area contributed by atoms with Gasteiger partial charge in [0, 0.05) is 0 Å². The molecule has 0 bridgehead atoms. The van der Waals surface area contributed by atoms with Crippen molar-refractivity contribution in [2.24, 2.45) is 5.18 Å². The zero-order valence-corrected chi connectivity index (χ0v) is 20.8. The summed E-state index contributed by atoms with van der Waals surface area (Å²) in [5, 5.41) is 2.79. The molecule has 0 spiro atoms. The van der Waals surface area contributed by atoms with Gasteiger partial charge in [0.05, 0.1) is 0 Å². The summed E-state index contributed by atoms with van der Waals surface area (Å²) >= 11 is -2.61. The van der Waals surface area contributed by atoms with Crippen molar-refractivity contribution in [1.29, 1.82) is 0 Å². The summed E-state index contributed by atoms with van der Waals surface area (Å²) in [7, 11) is 0. The van der Waals surface area contributed by atoms with E-state index in [0.29, 0.717) is 5.56 Å². The molecular weight excluding hydrogens is 625 g/mol. The van der Waals surface area contributed by atoms with Gasteiger partial charge in [-0.3, -0.25) is 0 Å². The Morgan fingerprint density at radius 3 is 2.77 bits per heavy atom.